The highest BCUT2D eigenvalue weighted by Crippen LogP contribution is 2.42. The number of nitrogens with one attached hydrogen (secondary N) is 1. The van der Waals surface area contributed by atoms with E-state index in [1.165, 1.54) is 16.7 Å². The first-order valence-electron chi connectivity index (χ1n) is 10.7. The molecule has 0 radical (unpaired) electrons. The first-order valence-corrected chi connectivity index (χ1v) is 11.6. The summed E-state index contributed by atoms with van der Waals surface area (Å²) in [4.78, 5) is 28.0. The molecular weight excluding hydrogens is 430 g/mol. The molecule has 0 saturated carbocycles. The summed E-state index contributed by atoms with van der Waals surface area (Å²) >= 11 is 1.27. The molecule has 2 amide bonds. The minimum atomic E-state index is -0.529. The van der Waals surface area contributed by atoms with Crippen molar-refractivity contribution in [3.8, 4) is 6.07 Å². The van der Waals surface area contributed by atoms with E-state index >= 15 is 0 Å². The maximum Gasteiger partial charge on any atom is 0.269 e. The molecule has 3 aromatic rings. The maximum absolute atomic E-state index is 13.4. The Morgan fingerprint density at radius 1 is 0.970 bits per heavy atom. The summed E-state index contributed by atoms with van der Waals surface area (Å²) in [5, 5.41) is 12.7. The van der Waals surface area contributed by atoms with E-state index < -0.39 is 11.2 Å². The van der Waals surface area contributed by atoms with E-state index in [-0.39, 0.29) is 11.5 Å². The molecule has 0 aliphatic carbocycles. The van der Waals surface area contributed by atoms with Crippen LogP contribution in [-0.4, -0.2) is 17.1 Å². The second-order valence-electron chi connectivity index (χ2n) is 7.60. The van der Waals surface area contributed by atoms with Gasteiger partial charge in [0.15, 0.2) is 0 Å². The second-order valence-corrected chi connectivity index (χ2v) is 8.79. The Kier molecular flexibility index (Phi) is 6.92. The molecule has 1 N–H and O–H groups in total. The molecule has 6 heteroatoms. The lowest BCUT2D eigenvalue weighted by Crippen LogP contribution is -2.30. The Hall–Kier alpha value is -3.82. The predicted molar refractivity (Wildman–Crippen MR) is 133 cm³/mol. The molecule has 0 unspecified atom stereocenters. The van der Waals surface area contributed by atoms with Gasteiger partial charge in [-0.25, -0.2) is 0 Å². The highest BCUT2D eigenvalue weighted by molar-refractivity contribution is 8.05. The normalized spacial score (nSPS) is 16.9. The molecule has 1 fully saturated rings. The van der Waals surface area contributed by atoms with Gasteiger partial charge >= 0.3 is 0 Å². The number of benzene rings is 3. The van der Waals surface area contributed by atoms with E-state index in [1.54, 1.807) is 12.1 Å². The summed E-state index contributed by atoms with van der Waals surface area (Å²) in [6.07, 6.45) is 1.41. The Labute approximate surface area is 197 Å². The number of nitriles is 1. The molecule has 4 rings (SSSR count). The number of rotatable bonds is 6. The Morgan fingerprint density at radius 2 is 1.61 bits per heavy atom. The average molecular weight is 454 g/mol. The van der Waals surface area contributed by atoms with Gasteiger partial charge in [-0.1, -0.05) is 79.3 Å². The monoisotopic (exact) mass is 453 g/mol. The van der Waals surface area contributed by atoms with Gasteiger partial charge in [0.2, 0.25) is 5.91 Å². The quantitative estimate of drug-likeness (QED) is 0.405. The van der Waals surface area contributed by atoms with Crippen LogP contribution >= 0.6 is 11.8 Å². The lowest BCUT2D eigenvalue weighted by atomic mass is 10.1. The van der Waals surface area contributed by atoms with Crippen LogP contribution in [0.15, 0.2) is 95.5 Å². The third-order valence-corrected chi connectivity index (χ3v) is 6.67. The van der Waals surface area contributed by atoms with Gasteiger partial charge in [0.05, 0.1) is 5.25 Å². The third kappa shape index (κ3) is 5.00. The lowest BCUT2D eigenvalue weighted by Gasteiger charge is -2.18. The van der Waals surface area contributed by atoms with Crippen LogP contribution in [0.2, 0.25) is 0 Å². The lowest BCUT2D eigenvalue weighted by molar-refractivity contribution is -0.117. The number of carbonyl (C=O) groups excluding carboxylic acids is 2. The zero-order valence-electron chi connectivity index (χ0n) is 18.2. The van der Waals surface area contributed by atoms with Crippen LogP contribution in [-0.2, 0) is 22.4 Å². The third-order valence-electron chi connectivity index (χ3n) is 5.40. The van der Waals surface area contributed by atoms with Gasteiger partial charge in [-0.15, -0.1) is 0 Å². The zero-order chi connectivity index (χ0) is 23.2. The van der Waals surface area contributed by atoms with Crippen LogP contribution in [0.5, 0.6) is 0 Å². The van der Waals surface area contributed by atoms with Crippen LogP contribution < -0.4 is 10.2 Å². The van der Waals surface area contributed by atoms with Gasteiger partial charge in [-0.2, -0.15) is 5.26 Å². The van der Waals surface area contributed by atoms with E-state index in [0.717, 1.165) is 17.5 Å². The van der Waals surface area contributed by atoms with Gasteiger partial charge < -0.3 is 5.32 Å². The molecule has 3 aromatic carbocycles. The van der Waals surface area contributed by atoms with Crippen molar-refractivity contribution in [2.24, 2.45) is 0 Å². The number of aryl methyl sites for hydroxylation is 1. The molecule has 1 atom stereocenters. The Bertz CT molecular complexity index is 1220. The second kappa shape index (κ2) is 10.2. The van der Waals surface area contributed by atoms with Gasteiger partial charge in [-0.3, -0.25) is 14.5 Å². The molecule has 33 heavy (non-hydrogen) atoms. The molecular formula is C27H23N3O2S. The van der Waals surface area contributed by atoms with Crippen molar-refractivity contribution < 1.29 is 9.59 Å². The molecule has 0 aromatic heterocycles. The zero-order valence-corrected chi connectivity index (χ0v) is 19.0. The topological polar surface area (TPSA) is 73.2 Å². The average Bonchev–Trinajstić information content (AvgIpc) is 3.16. The molecule has 0 spiro atoms. The molecule has 1 saturated heterocycles. The molecule has 164 valence electrons. The van der Waals surface area contributed by atoms with Crippen LogP contribution in [0.25, 0.3) is 0 Å². The maximum atomic E-state index is 13.4. The number of thioether (sulfide) groups is 1. The van der Waals surface area contributed by atoms with Crippen molar-refractivity contribution in [2.75, 3.05) is 10.2 Å². The molecule has 1 aliphatic rings. The Morgan fingerprint density at radius 3 is 2.21 bits per heavy atom. The largest absolute Gasteiger partial charge is 0.321 e. The summed E-state index contributed by atoms with van der Waals surface area (Å²) in [6, 6.07) is 28.4. The summed E-state index contributed by atoms with van der Waals surface area (Å²) in [7, 11) is 0. The number of amides is 2. The van der Waals surface area contributed by atoms with Crippen LogP contribution in [0.1, 0.15) is 18.1 Å². The standard InChI is InChI=1S/C27H23N3O2S/c1-2-19-13-15-21(16-14-19)29-25(31)23(18-28)27-30(22-11-7-4-8-12-22)26(32)24(33-27)17-20-9-5-3-6-10-20/h3-16,24H,2,17H2,1H3,(H,29,31)/b27-23+/t24-/m0/s1. The number of carbonyl (C=O) groups is 2. The molecule has 1 aliphatic heterocycles. The number of nitrogens with zero attached hydrogens (tertiary/aromatic N) is 2. The van der Waals surface area contributed by atoms with E-state index in [0.29, 0.717) is 22.8 Å². The minimum absolute atomic E-state index is 0.0765. The van der Waals surface area contributed by atoms with Crippen molar-refractivity contribution in [1.82, 2.24) is 0 Å². The number of hydrogen-bond acceptors (Lipinski definition) is 4. The van der Waals surface area contributed by atoms with Gasteiger partial charge in [-0.05, 0) is 48.2 Å². The van der Waals surface area contributed by atoms with Crippen LogP contribution in [0, 0.1) is 11.3 Å². The fourth-order valence-corrected chi connectivity index (χ4v) is 4.95. The molecule has 0 bridgehead atoms. The van der Waals surface area contributed by atoms with Crippen molar-refractivity contribution in [3.63, 3.8) is 0 Å². The summed E-state index contributed by atoms with van der Waals surface area (Å²) in [5.41, 5.74) is 3.34. The smallest absolute Gasteiger partial charge is 0.269 e. The van der Waals surface area contributed by atoms with Crippen molar-refractivity contribution in [1.29, 1.82) is 5.26 Å². The summed E-state index contributed by atoms with van der Waals surface area (Å²) in [5.74, 6) is -0.670. The SMILES string of the molecule is CCc1ccc(NC(=O)/C(C#N)=C2/S[C@@H](Cc3ccccc3)C(=O)N2c2ccccc2)cc1. The van der Waals surface area contributed by atoms with Gasteiger partial charge in [0, 0.05) is 11.4 Å². The highest BCUT2D eigenvalue weighted by Gasteiger charge is 2.40. The van der Waals surface area contributed by atoms with E-state index in [1.807, 2.05) is 78.9 Å². The molecule has 1 heterocycles. The fraction of sp³-hybridized carbons (Fsp3) is 0.148. The van der Waals surface area contributed by atoms with E-state index in [4.69, 9.17) is 0 Å². The summed E-state index contributed by atoms with van der Waals surface area (Å²) in [6.45, 7) is 2.06. The first-order chi connectivity index (χ1) is 16.1. The Balaban J connectivity index is 1.68. The molecule has 5 nitrogen and oxygen atoms in total. The van der Waals surface area contributed by atoms with Gasteiger partial charge in [0.1, 0.15) is 16.7 Å². The number of hydrogen-bond donors (Lipinski definition) is 1. The fourth-order valence-electron chi connectivity index (χ4n) is 3.64. The minimum Gasteiger partial charge on any atom is -0.321 e. The van der Waals surface area contributed by atoms with Crippen LogP contribution in [0.4, 0.5) is 11.4 Å². The van der Waals surface area contributed by atoms with Crippen molar-refractivity contribution >= 4 is 35.0 Å². The predicted octanol–water partition coefficient (Wildman–Crippen LogP) is 5.31. The van der Waals surface area contributed by atoms with Crippen molar-refractivity contribution in [3.05, 3.63) is 107 Å². The summed E-state index contributed by atoms with van der Waals surface area (Å²) < 4.78 is 0. The number of anilines is 2. The van der Waals surface area contributed by atoms with Crippen LogP contribution in [0.3, 0.4) is 0 Å². The van der Waals surface area contributed by atoms with Crippen molar-refractivity contribution in [2.45, 2.75) is 25.0 Å². The van der Waals surface area contributed by atoms with E-state index in [9.17, 15) is 14.9 Å². The van der Waals surface area contributed by atoms with E-state index in [2.05, 4.69) is 12.2 Å². The highest BCUT2D eigenvalue weighted by atomic mass is 32.2. The van der Waals surface area contributed by atoms with Gasteiger partial charge in [0.25, 0.3) is 5.91 Å². The first kappa shape index (κ1) is 22.4. The number of para-hydroxylation sites is 1.